The molecule has 0 bridgehead atoms. The number of aryl methyl sites for hydroxylation is 1. The van der Waals surface area contributed by atoms with Crippen LogP contribution in [0.1, 0.15) is 31.5 Å². The van der Waals surface area contributed by atoms with E-state index in [4.69, 9.17) is 10.2 Å². The third-order valence-corrected chi connectivity index (χ3v) is 5.40. The number of likely N-dealkylation sites (N-methyl/N-ethyl adjacent to an activating group) is 1. The molecule has 0 unspecified atom stereocenters. The summed E-state index contributed by atoms with van der Waals surface area (Å²) in [6.07, 6.45) is 1.82. The molecular weight excluding hydrogens is 452 g/mol. The molecule has 4 N–H and O–H groups in total. The van der Waals surface area contributed by atoms with Gasteiger partial charge in [0.2, 0.25) is 17.7 Å². The Bertz CT molecular complexity index is 1320. The van der Waals surface area contributed by atoms with Gasteiger partial charge in [0.25, 0.3) is 6.01 Å². The summed E-state index contributed by atoms with van der Waals surface area (Å²) in [5.74, 6) is -1.58. The van der Waals surface area contributed by atoms with Gasteiger partial charge in [0.15, 0.2) is 0 Å². The molecule has 0 saturated carbocycles. The van der Waals surface area contributed by atoms with Crippen molar-refractivity contribution in [3.63, 3.8) is 0 Å². The van der Waals surface area contributed by atoms with Crippen LogP contribution in [0.15, 0.2) is 45.7 Å². The minimum absolute atomic E-state index is 0.108. The second-order valence-corrected chi connectivity index (χ2v) is 8.68. The van der Waals surface area contributed by atoms with E-state index in [0.717, 1.165) is 5.69 Å². The van der Waals surface area contributed by atoms with Crippen molar-refractivity contribution >= 4 is 40.3 Å². The second kappa shape index (κ2) is 10.3. The van der Waals surface area contributed by atoms with Crippen molar-refractivity contribution in [2.75, 3.05) is 24.2 Å². The van der Waals surface area contributed by atoms with E-state index in [1.54, 1.807) is 45.0 Å². The number of benzene rings is 1. The van der Waals surface area contributed by atoms with Crippen LogP contribution in [0, 0.1) is 6.92 Å². The molecule has 3 rings (SSSR count). The van der Waals surface area contributed by atoms with Crippen LogP contribution in [0.25, 0.3) is 10.9 Å². The Balaban J connectivity index is 1.77. The van der Waals surface area contributed by atoms with Gasteiger partial charge >= 0.3 is 5.63 Å². The summed E-state index contributed by atoms with van der Waals surface area (Å²) in [5, 5.41) is 5.63. The number of amides is 3. The lowest BCUT2D eigenvalue weighted by atomic mass is 10.0. The average molecular weight is 481 g/mol. The normalized spacial score (nSPS) is 11.2. The molecule has 0 aliphatic rings. The van der Waals surface area contributed by atoms with Crippen molar-refractivity contribution < 1.29 is 18.8 Å². The van der Waals surface area contributed by atoms with E-state index >= 15 is 0 Å². The highest BCUT2D eigenvalue weighted by molar-refractivity contribution is 6.04. The first-order valence-corrected chi connectivity index (χ1v) is 10.9. The SMILES string of the molecule is Cc1c(NC(=O)CC(N)=O)ccc2nc(NC(C)(C)C(=O)N(C)CCc3ccccn3)oc(=O)c12. The number of rotatable bonds is 9. The maximum absolute atomic E-state index is 13.0. The van der Waals surface area contributed by atoms with Gasteiger partial charge in [0.05, 0.1) is 10.9 Å². The molecule has 3 aromatic rings. The van der Waals surface area contributed by atoms with E-state index in [1.807, 2.05) is 18.2 Å². The number of aromatic nitrogens is 2. The van der Waals surface area contributed by atoms with Gasteiger partial charge in [-0.25, -0.2) is 4.79 Å². The van der Waals surface area contributed by atoms with Crippen LogP contribution in [0.2, 0.25) is 0 Å². The van der Waals surface area contributed by atoms with Gasteiger partial charge in [-0.3, -0.25) is 19.4 Å². The fourth-order valence-corrected chi connectivity index (χ4v) is 3.59. The van der Waals surface area contributed by atoms with Crippen molar-refractivity contribution in [1.82, 2.24) is 14.9 Å². The number of primary amides is 1. The highest BCUT2D eigenvalue weighted by atomic mass is 16.4. The Morgan fingerprint density at radius 3 is 2.57 bits per heavy atom. The lowest BCUT2D eigenvalue weighted by Crippen LogP contribution is -2.49. The first-order chi connectivity index (χ1) is 16.5. The maximum Gasteiger partial charge on any atom is 0.348 e. The van der Waals surface area contributed by atoms with Crippen LogP contribution in [-0.4, -0.2) is 51.7 Å². The molecule has 0 spiro atoms. The fraction of sp³-hybridized carbons (Fsp3) is 0.333. The number of pyridine rings is 1. The van der Waals surface area contributed by atoms with Gasteiger partial charge in [0, 0.05) is 37.6 Å². The van der Waals surface area contributed by atoms with Gasteiger partial charge in [-0.2, -0.15) is 4.98 Å². The van der Waals surface area contributed by atoms with Gasteiger partial charge in [0.1, 0.15) is 12.0 Å². The molecule has 0 fully saturated rings. The molecule has 0 aliphatic heterocycles. The Morgan fingerprint density at radius 2 is 1.91 bits per heavy atom. The molecule has 184 valence electrons. The van der Waals surface area contributed by atoms with E-state index in [1.165, 1.54) is 6.07 Å². The number of fused-ring (bicyclic) bond motifs is 1. The molecule has 0 radical (unpaired) electrons. The van der Waals surface area contributed by atoms with Crippen molar-refractivity contribution in [2.45, 2.75) is 39.2 Å². The van der Waals surface area contributed by atoms with Crippen molar-refractivity contribution in [3.05, 3.63) is 58.2 Å². The molecule has 2 heterocycles. The number of nitrogens with zero attached hydrogens (tertiary/aromatic N) is 3. The third-order valence-electron chi connectivity index (χ3n) is 5.40. The van der Waals surface area contributed by atoms with Gasteiger partial charge < -0.3 is 25.7 Å². The van der Waals surface area contributed by atoms with E-state index in [9.17, 15) is 19.2 Å². The van der Waals surface area contributed by atoms with Gasteiger partial charge in [-0.15, -0.1) is 0 Å². The molecule has 1 aromatic carbocycles. The van der Waals surface area contributed by atoms with E-state index < -0.39 is 29.4 Å². The quantitative estimate of drug-likeness (QED) is 0.389. The number of carbonyl (C=O) groups is 3. The summed E-state index contributed by atoms with van der Waals surface area (Å²) in [6, 6.07) is 8.61. The van der Waals surface area contributed by atoms with Crippen LogP contribution < -0.4 is 22.0 Å². The lowest BCUT2D eigenvalue weighted by Gasteiger charge is -2.30. The summed E-state index contributed by atoms with van der Waals surface area (Å²) < 4.78 is 5.35. The van der Waals surface area contributed by atoms with Crippen LogP contribution in [-0.2, 0) is 20.8 Å². The van der Waals surface area contributed by atoms with Crippen LogP contribution >= 0.6 is 0 Å². The zero-order chi connectivity index (χ0) is 25.8. The fourth-order valence-electron chi connectivity index (χ4n) is 3.59. The van der Waals surface area contributed by atoms with Crippen molar-refractivity contribution in [2.24, 2.45) is 5.73 Å². The predicted molar refractivity (Wildman–Crippen MR) is 131 cm³/mol. The standard InChI is InChI=1S/C24H28N6O5/c1-14-16(27-19(32)13-18(25)31)8-9-17-20(14)21(33)35-23(28-17)29-24(2,3)22(34)30(4)12-10-15-7-5-6-11-26-15/h5-9,11H,10,12-13H2,1-4H3,(H2,25,31)(H,27,32)(H,28,29). The number of hydrogen-bond donors (Lipinski definition) is 3. The van der Waals surface area contributed by atoms with Crippen LogP contribution in [0.3, 0.4) is 0 Å². The highest BCUT2D eigenvalue weighted by Crippen LogP contribution is 2.24. The summed E-state index contributed by atoms with van der Waals surface area (Å²) in [6.45, 7) is 5.42. The Kier molecular flexibility index (Phi) is 7.48. The molecule has 11 nitrogen and oxygen atoms in total. The van der Waals surface area contributed by atoms with E-state index in [-0.39, 0.29) is 17.3 Å². The van der Waals surface area contributed by atoms with Gasteiger partial charge in [-0.05, 0) is 50.6 Å². The minimum atomic E-state index is -1.12. The molecule has 35 heavy (non-hydrogen) atoms. The molecule has 2 aromatic heterocycles. The van der Waals surface area contributed by atoms with Crippen LogP contribution in [0.4, 0.5) is 11.7 Å². The Morgan fingerprint density at radius 1 is 1.17 bits per heavy atom. The molecule has 0 saturated heterocycles. The maximum atomic E-state index is 13.0. The van der Waals surface area contributed by atoms with Gasteiger partial charge in [-0.1, -0.05) is 6.07 Å². The average Bonchev–Trinajstić information content (AvgIpc) is 2.78. The zero-order valence-electron chi connectivity index (χ0n) is 20.0. The Labute approximate surface area is 201 Å². The Hall–Kier alpha value is -4.28. The van der Waals surface area contributed by atoms with E-state index in [0.29, 0.717) is 29.7 Å². The molecule has 11 heteroatoms. The first kappa shape index (κ1) is 25.3. The third kappa shape index (κ3) is 6.19. The van der Waals surface area contributed by atoms with E-state index in [2.05, 4.69) is 20.6 Å². The minimum Gasteiger partial charge on any atom is -0.389 e. The number of nitrogens with two attached hydrogens (primary N) is 1. The molecular formula is C24H28N6O5. The second-order valence-electron chi connectivity index (χ2n) is 8.68. The number of anilines is 2. The topological polar surface area (TPSA) is 161 Å². The zero-order valence-corrected chi connectivity index (χ0v) is 20.0. The summed E-state index contributed by atoms with van der Waals surface area (Å²) in [4.78, 5) is 58.8. The lowest BCUT2D eigenvalue weighted by molar-refractivity contribution is -0.133. The highest BCUT2D eigenvalue weighted by Gasteiger charge is 2.32. The first-order valence-electron chi connectivity index (χ1n) is 10.9. The molecule has 0 atom stereocenters. The van der Waals surface area contributed by atoms with Crippen LogP contribution in [0.5, 0.6) is 0 Å². The van der Waals surface area contributed by atoms with Crippen molar-refractivity contribution in [1.29, 1.82) is 0 Å². The summed E-state index contributed by atoms with van der Waals surface area (Å²) in [5.41, 5.74) is 5.19. The van der Waals surface area contributed by atoms with Crippen molar-refractivity contribution in [3.8, 4) is 0 Å². The number of carbonyl (C=O) groups excluding carboxylic acids is 3. The smallest absolute Gasteiger partial charge is 0.348 e. The summed E-state index contributed by atoms with van der Waals surface area (Å²) >= 11 is 0. The largest absolute Gasteiger partial charge is 0.389 e. The number of hydrogen-bond acceptors (Lipinski definition) is 8. The summed E-state index contributed by atoms with van der Waals surface area (Å²) in [7, 11) is 1.69. The monoisotopic (exact) mass is 480 g/mol. The predicted octanol–water partition coefficient (Wildman–Crippen LogP) is 1.60. The molecule has 3 amide bonds. The number of nitrogens with one attached hydrogen (secondary N) is 2. The molecule has 0 aliphatic carbocycles.